The molecule has 0 aliphatic carbocycles. The third kappa shape index (κ3) is 4.42. The lowest BCUT2D eigenvalue weighted by molar-refractivity contribution is 0.867. The Hall–Kier alpha value is -0.0831. The maximum absolute atomic E-state index is 3.78. The van der Waals surface area contributed by atoms with Crippen molar-refractivity contribution in [2.24, 2.45) is 0 Å². The standard InChI is InChI=1S/C7H17NSi/c1-4-6-7-9(5-2)8-3/h5,8-9H,2,4,6-7H2,1,3H3. The van der Waals surface area contributed by atoms with Crippen molar-refractivity contribution >= 4 is 8.96 Å². The highest BCUT2D eigenvalue weighted by atomic mass is 28.3. The van der Waals surface area contributed by atoms with Crippen LogP contribution < -0.4 is 4.98 Å². The molecule has 1 nitrogen and oxygen atoms in total. The Morgan fingerprint density at radius 1 is 1.67 bits per heavy atom. The first-order chi connectivity index (χ1) is 4.35. The summed E-state index contributed by atoms with van der Waals surface area (Å²) >= 11 is 0. The van der Waals surface area contributed by atoms with E-state index in [2.05, 4.69) is 24.2 Å². The molecule has 1 atom stereocenters. The van der Waals surface area contributed by atoms with Crippen LogP contribution in [0.1, 0.15) is 19.8 Å². The van der Waals surface area contributed by atoms with Gasteiger partial charge in [-0.1, -0.05) is 25.5 Å². The Kier molecular flexibility index (Phi) is 5.99. The Balaban J connectivity index is 3.20. The molecule has 0 amide bonds. The molecule has 0 aliphatic heterocycles. The molecule has 0 aromatic carbocycles. The molecule has 0 aromatic rings. The average molecular weight is 143 g/mol. The molecule has 0 rings (SSSR count). The quantitative estimate of drug-likeness (QED) is 0.574. The lowest BCUT2D eigenvalue weighted by Gasteiger charge is -2.06. The molecule has 0 radical (unpaired) electrons. The van der Waals surface area contributed by atoms with Gasteiger partial charge in [-0.25, -0.2) is 0 Å². The molecule has 0 fully saturated rings. The van der Waals surface area contributed by atoms with E-state index in [1.807, 2.05) is 7.05 Å². The van der Waals surface area contributed by atoms with Gasteiger partial charge in [0.1, 0.15) is 8.96 Å². The van der Waals surface area contributed by atoms with E-state index >= 15 is 0 Å². The number of unbranched alkanes of at least 4 members (excludes halogenated alkanes) is 1. The van der Waals surface area contributed by atoms with Crippen molar-refractivity contribution in [2.75, 3.05) is 7.05 Å². The molecule has 2 heteroatoms. The first-order valence-corrected chi connectivity index (χ1v) is 5.71. The van der Waals surface area contributed by atoms with Gasteiger partial charge in [-0.2, -0.15) is 0 Å². The van der Waals surface area contributed by atoms with E-state index in [0.29, 0.717) is 0 Å². The van der Waals surface area contributed by atoms with E-state index in [-0.39, 0.29) is 0 Å². The van der Waals surface area contributed by atoms with E-state index < -0.39 is 8.96 Å². The van der Waals surface area contributed by atoms with E-state index in [0.717, 1.165) is 0 Å². The van der Waals surface area contributed by atoms with Gasteiger partial charge in [0, 0.05) is 0 Å². The summed E-state index contributed by atoms with van der Waals surface area (Å²) in [5.74, 6) is 0. The first-order valence-electron chi connectivity index (χ1n) is 3.65. The summed E-state index contributed by atoms with van der Waals surface area (Å²) in [6.07, 6.45) is 2.66. The van der Waals surface area contributed by atoms with Crippen LogP contribution in [0, 0.1) is 0 Å². The van der Waals surface area contributed by atoms with Crippen molar-refractivity contribution in [1.82, 2.24) is 4.98 Å². The summed E-state index contributed by atoms with van der Waals surface area (Å²) in [5, 5.41) is 0. The van der Waals surface area contributed by atoms with Crippen LogP contribution in [0.15, 0.2) is 12.3 Å². The second-order valence-corrected chi connectivity index (χ2v) is 5.11. The Bertz CT molecular complexity index is 73.3. The van der Waals surface area contributed by atoms with Gasteiger partial charge in [-0.05, 0) is 13.1 Å². The first kappa shape index (κ1) is 8.92. The predicted octanol–water partition coefficient (Wildman–Crippen LogP) is 1.45. The van der Waals surface area contributed by atoms with Crippen molar-refractivity contribution < 1.29 is 0 Å². The number of hydrogen-bond acceptors (Lipinski definition) is 1. The van der Waals surface area contributed by atoms with Crippen LogP contribution in [0.2, 0.25) is 6.04 Å². The second kappa shape index (κ2) is 6.04. The highest BCUT2D eigenvalue weighted by molar-refractivity contribution is 6.61. The summed E-state index contributed by atoms with van der Waals surface area (Å²) in [5.41, 5.74) is 2.11. The number of rotatable bonds is 5. The second-order valence-electron chi connectivity index (χ2n) is 2.27. The van der Waals surface area contributed by atoms with E-state index in [1.54, 1.807) is 0 Å². The molecule has 0 bridgehead atoms. The van der Waals surface area contributed by atoms with Crippen LogP contribution in [-0.4, -0.2) is 16.0 Å². The Morgan fingerprint density at radius 3 is 2.67 bits per heavy atom. The van der Waals surface area contributed by atoms with Gasteiger partial charge in [0.05, 0.1) is 0 Å². The SMILES string of the molecule is C=C[SiH](CCCC)NC. The highest BCUT2D eigenvalue weighted by Crippen LogP contribution is 1.97. The topological polar surface area (TPSA) is 12.0 Å². The fourth-order valence-electron chi connectivity index (χ4n) is 0.804. The largest absolute Gasteiger partial charge is 0.339 e. The molecular weight excluding hydrogens is 126 g/mol. The molecular formula is C7H17NSi. The van der Waals surface area contributed by atoms with Crippen molar-refractivity contribution in [1.29, 1.82) is 0 Å². The molecule has 0 aromatic heterocycles. The fourth-order valence-corrected chi connectivity index (χ4v) is 2.41. The van der Waals surface area contributed by atoms with E-state index in [1.165, 1.54) is 18.9 Å². The minimum atomic E-state index is -0.696. The van der Waals surface area contributed by atoms with Gasteiger partial charge in [-0.15, -0.1) is 6.58 Å². The fraction of sp³-hybridized carbons (Fsp3) is 0.714. The Labute approximate surface area is 59.8 Å². The number of nitrogens with one attached hydrogen (secondary N) is 1. The maximum Gasteiger partial charge on any atom is 0.132 e. The molecule has 54 valence electrons. The average Bonchev–Trinajstić information content (AvgIpc) is 1.91. The van der Waals surface area contributed by atoms with Crippen molar-refractivity contribution in [2.45, 2.75) is 25.8 Å². The molecule has 1 unspecified atom stereocenters. The van der Waals surface area contributed by atoms with E-state index in [9.17, 15) is 0 Å². The molecule has 0 aliphatic rings. The molecule has 1 N–H and O–H groups in total. The summed E-state index contributed by atoms with van der Waals surface area (Å²) in [6.45, 7) is 6.01. The summed E-state index contributed by atoms with van der Waals surface area (Å²) in [6, 6.07) is 1.36. The van der Waals surface area contributed by atoms with Gasteiger partial charge >= 0.3 is 0 Å². The zero-order chi connectivity index (χ0) is 7.11. The lowest BCUT2D eigenvalue weighted by Crippen LogP contribution is -2.27. The zero-order valence-corrected chi connectivity index (χ0v) is 7.64. The maximum atomic E-state index is 3.78. The van der Waals surface area contributed by atoms with Crippen LogP contribution in [0.5, 0.6) is 0 Å². The van der Waals surface area contributed by atoms with Crippen LogP contribution in [-0.2, 0) is 0 Å². The van der Waals surface area contributed by atoms with Crippen LogP contribution in [0.4, 0.5) is 0 Å². The molecule has 0 heterocycles. The minimum Gasteiger partial charge on any atom is -0.339 e. The van der Waals surface area contributed by atoms with E-state index in [4.69, 9.17) is 0 Å². The normalized spacial score (nSPS) is 13.1. The molecule has 0 spiro atoms. The van der Waals surface area contributed by atoms with Gasteiger partial charge in [0.2, 0.25) is 0 Å². The van der Waals surface area contributed by atoms with Gasteiger partial charge in [0.15, 0.2) is 0 Å². The minimum absolute atomic E-state index is 0.696. The molecule has 9 heavy (non-hydrogen) atoms. The molecule has 0 saturated heterocycles. The zero-order valence-electron chi connectivity index (χ0n) is 6.48. The number of hydrogen-bond donors (Lipinski definition) is 1. The third-order valence-electron chi connectivity index (χ3n) is 1.52. The Morgan fingerprint density at radius 2 is 2.33 bits per heavy atom. The van der Waals surface area contributed by atoms with Crippen LogP contribution in [0.25, 0.3) is 0 Å². The highest BCUT2D eigenvalue weighted by Gasteiger charge is 1.99. The molecule has 0 saturated carbocycles. The summed E-state index contributed by atoms with van der Waals surface area (Å²) in [7, 11) is 1.34. The van der Waals surface area contributed by atoms with Gasteiger partial charge < -0.3 is 4.98 Å². The monoisotopic (exact) mass is 143 g/mol. The van der Waals surface area contributed by atoms with Gasteiger partial charge in [0.25, 0.3) is 0 Å². The van der Waals surface area contributed by atoms with Crippen molar-refractivity contribution in [3.63, 3.8) is 0 Å². The smallest absolute Gasteiger partial charge is 0.132 e. The van der Waals surface area contributed by atoms with Crippen molar-refractivity contribution in [3.05, 3.63) is 12.3 Å². The van der Waals surface area contributed by atoms with Crippen LogP contribution in [0.3, 0.4) is 0 Å². The summed E-state index contributed by atoms with van der Waals surface area (Å²) < 4.78 is 0. The van der Waals surface area contributed by atoms with Gasteiger partial charge in [-0.3, -0.25) is 0 Å². The van der Waals surface area contributed by atoms with Crippen molar-refractivity contribution in [3.8, 4) is 0 Å². The summed E-state index contributed by atoms with van der Waals surface area (Å²) in [4.78, 5) is 3.31. The third-order valence-corrected chi connectivity index (χ3v) is 3.86. The van der Waals surface area contributed by atoms with Crippen LogP contribution >= 0.6 is 0 Å². The predicted molar refractivity (Wildman–Crippen MR) is 46.1 cm³/mol. The lowest BCUT2D eigenvalue weighted by atomic mass is 10.4.